The molecule has 1 aromatic rings. The second-order valence-corrected chi connectivity index (χ2v) is 5.47. The monoisotopic (exact) mass is 281 g/mol. The van der Waals surface area contributed by atoms with Gasteiger partial charge in [0.25, 0.3) is 0 Å². The Bertz CT molecular complexity index is 351. The van der Waals surface area contributed by atoms with E-state index in [1.165, 1.54) is 30.5 Å². The molecule has 3 heteroatoms. The van der Waals surface area contributed by atoms with Gasteiger partial charge in [0.05, 0.1) is 6.10 Å². The summed E-state index contributed by atoms with van der Waals surface area (Å²) in [6.45, 7) is 8.01. The predicted molar refractivity (Wildman–Crippen MR) is 82.4 cm³/mol. The Hall–Kier alpha value is -0.930. The van der Waals surface area contributed by atoms with Crippen LogP contribution in [0.15, 0.2) is 24.3 Å². The Morgan fingerprint density at radius 1 is 1.15 bits per heavy atom. The van der Waals surface area contributed by atoms with E-state index in [2.05, 4.69) is 26.1 Å². The fraction of sp³-hybridized carbons (Fsp3) is 0.647. The number of unbranched alkanes of at least 4 members (excludes halogenated alkanes) is 1. The van der Waals surface area contributed by atoms with Crippen LogP contribution in [-0.2, 0) is 4.74 Å². The third-order valence-electron chi connectivity index (χ3n) is 3.28. The van der Waals surface area contributed by atoms with Crippen molar-refractivity contribution < 1.29 is 9.13 Å². The highest BCUT2D eigenvalue weighted by atomic mass is 19.1. The molecule has 0 radical (unpaired) electrons. The van der Waals surface area contributed by atoms with Gasteiger partial charge in [-0.05, 0) is 50.9 Å². The lowest BCUT2D eigenvalue weighted by atomic mass is 10.0. The molecule has 1 unspecified atom stereocenters. The van der Waals surface area contributed by atoms with E-state index in [1.807, 2.05) is 12.1 Å². The van der Waals surface area contributed by atoms with Crippen molar-refractivity contribution >= 4 is 0 Å². The van der Waals surface area contributed by atoms with Crippen molar-refractivity contribution in [2.24, 2.45) is 0 Å². The van der Waals surface area contributed by atoms with E-state index in [9.17, 15) is 4.39 Å². The molecular formula is C17H28FNO. The standard InChI is InChI=1S/C17H28FNO/c1-4-5-7-17(15-8-10-16(18)11-9-15)19-12-6-13-20-14(2)3/h8-11,14,17,19H,4-7,12-13H2,1-3H3. The second kappa shape index (κ2) is 9.89. The van der Waals surface area contributed by atoms with Gasteiger partial charge in [-0.15, -0.1) is 0 Å². The maximum Gasteiger partial charge on any atom is 0.123 e. The molecular weight excluding hydrogens is 253 g/mol. The first kappa shape index (κ1) is 17.1. The molecule has 0 bridgehead atoms. The zero-order valence-corrected chi connectivity index (χ0v) is 13.0. The van der Waals surface area contributed by atoms with E-state index in [0.717, 1.165) is 26.0 Å². The molecule has 1 N–H and O–H groups in total. The van der Waals surface area contributed by atoms with E-state index in [-0.39, 0.29) is 5.82 Å². The van der Waals surface area contributed by atoms with Crippen molar-refractivity contribution in [2.75, 3.05) is 13.2 Å². The third kappa shape index (κ3) is 7.01. The molecule has 0 heterocycles. The molecule has 0 aliphatic heterocycles. The van der Waals surface area contributed by atoms with Gasteiger partial charge < -0.3 is 10.1 Å². The van der Waals surface area contributed by atoms with Gasteiger partial charge in [0.1, 0.15) is 5.82 Å². The quantitative estimate of drug-likeness (QED) is 0.639. The fourth-order valence-corrected chi connectivity index (χ4v) is 2.16. The Morgan fingerprint density at radius 2 is 1.85 bits per heavy atom. The Balaban J connectivity index is 2.41. The van der Waals surface area contributed by atoms with Crippen LogP contribution in [0.2, 0.25) is 0 Å². The van der Waals surface area contributed by atoms with Gasteiger partial charge in [-0.25, -0.2) is 4.39 Å². The fourth-order valence-electron chi connectivity index (χ4n) is 2.16. The molecule has 0 saturated carbocycles. The van der Waals surface area contributed by atoms with Gasteiger partial charge in [-0.3, -0.25) is 0 Å². The zero-order chi connectivity index (χ0) is 14.8. The number of benzene rings is 1. The van der Waals surface area contributed by atoms with Crippen molar-refractivity contribution in [3.8, 4) is 0 Å². The molecule has 20 heavy (non-hydrogen) atoms. The second-order valence-electron chi connectivity index (χ2n) is 5.47. The van der Waals surface area contributed by atoms with Gasteiger partial charge >= 0.3 is 0 Å². The summed E-state index contributed by atoms with van der Waals surface area (Å²) in [7, 11) is 0. The average Bonchev–Trinajstić information content (AvgIpc) is 2.42. The molecule has 1 aromatic carbocycles. The number of rotatable bonds is 10. The third-order valence-corrected chi connectivity index (χ3v) is 3.28. The van der Waals surface area contributed by atoms with Crippen LogP contribution in [-0.4, -0.2) is 19.3 Å². The maximum atomic E-state index is 13.0. The van der Waals surface area contributed by atoms with Crippen molar-refractivity contribution in [1.29, 1.82) is 0 Å². The van der Waals surface area contributed by atoms with Crippen LogP contribution in [0.5, 0.6) is 0 Å². The van der Waals surface area contributed by atoms with Crippen LogP contribution in [0.1, 0.15) is 58.1 Å². The largest absolute Gasteiger partial charge is 0.379 e. The normalized spacial score (nSPS) is 12.8. The molecule has 0 amide bonds. The van der Waals surface area contributed by atoms with E-state index in [4.69, 9.17) is 4.74 Å². The summed E-state index contributed by atoms with van der Waals surface area (Å²) in [5, 5.41) is 3.56. The summed E-state index contributed by atoms with van der Waals surface area (Å²) in [6, 6.07) is 7.16. The predicted octanol–water partition coefficient (Wildman–Crippen LogP) is 4.46. The Labute approximate surface area is 122 Å². The van der Waals surface area contributed by atoms with Gasteiger partial charge in [0, 0.05) is 12.6 Å². The molecule has 2 nitrogen and oxygen atoms in total. The Morgan fingerprint density at radius 3 is 2.45 bits per heavy atom. The summed E-state index contributed by atoms with van der Waals surface area (Å²) in [6.07, 6.45) is 4.74. The molecule has 0 saturated heterocycles. The molecule has 0 aliphatic rings. The van der Waals surface area contributed by atoms with Gasteiger partial charge in [-0.2, -0.15) is 0 Å². The van der Waals surface area contributed by atoms with Crippen LogP contribution in [0.4, 0.5) is 4.39 Å². The topological polar surface area (TPSA) is 21.3 Å². The summed E-state index contributed by atoms with van der Waals surface area (Å²) < 4.78 is 18.5. The SMILES string of the molecule is CCCCC(NCCCOC(C)C)c1ccc(F)cc1. The minimum absolute atomic E-state index is 0.173. The van der Waals surface area contributed by atoms with Gasteiger partial charge in [0.15, 0.2) is 0 Å². The van der Waals surface area contributed by atoms with Crippen LogP contribution >= 0.6 is 0 Å². The number of nitrogens with one attached hydrogen (secondary N) is 1. The smallest absolute Gasteiger partial charge is 0.123 e. The highest BCUT2D eigenvalue weighted by Gasteiger charge is 2.10. The molecule has 1 rings (SSSR count). The number of hydrogen-bond acceptors (Lipinski definition) is 2. The average molecular weight is 281 g/mol. The van der Waals surface area contributed by atoms with Gasteiger partial charge in [0.2, 0.25) is 0 Å². The van der Waals surface area contributed by atoms with Crippen LogP contribution in [0.3, 0.4) is 0 Å². The summed E-state index contributed by atoms with van der Waals surface area (Å²) in [4.78, 5) is 0. The Kier molecular flexibility index (Phi) is 8.47. The lowest BCUT2D eigenvalue weighted by Gasteiger charge is -2.19. The summed E-state index contributed by atoms with van der Waals surface area (Å²) >= 11 is 0. The number of hydrogen-bond donors (Lipinski definition) is 1. The summed E-state index contributed by atoms with van der Waals surface area (Å²) in [5.74, 6) is -0.173. The van der Waals surface area contributed by atoms with E-state index < -0.39 is 0 Å². The highest BCUT2D eigenvalue weighted by Crippen LogP contribution is 2.19. The lowest BCUT2D eigenvalue weighted by molar-refractivity contribution is 0.0766. The van der Waals surface area contributed by atoms with E-state index in [0.29, 0.717) is 12.1 Å². The molecule has 0 spiro atoms. The number of halogens is 1. The van der Waals surface area contributed by atoms with Crippen LogP contribution in [0, 0.1) is 5.82 Å². The zero-order valence-electron chi connectivity index (χ0n) is 13.0. The maximum absolute atomic E-state index is 13.0. The van der Waals surface area contributed by atoms with Crippen LogP contribution in [0.25, 0.3) is 0 Å². The minimum Gasteiger partial charge on any atom is -0.379 e. The highest BCUT2D eigenvalue weighted by molar-refractivity contribution is 5.19. The van der Waals surface area contributed by atoms with Crippen molar-refractivity contribution in [3.63, 3.8) is 0 Å². The number of ether oxygens (including phenoxy) is 1. The molecule has 0 aliphatic carbocycles. The summed E-state index contributed by atoms with van der Waals surface area (Å²) in [5.41, 5.74) is 1.17. The first-order valence-corrected chi connectivity index (χ1v) is 7.74. The molecule has 0 fully saturated rings. The van der Waals surface area contributed by atoms with Gasteiger partial charge in [-0.1, -0.05) is 31.9 Å². The molecule has 0 aromatic heterocycles. The van der Waals surface area contributed by atoms with Crippen molar-refractivity contribution in [2.45, 2.75) is 58.6 Å². The minimum atomic E-state index is -0.173. The van der Waals surface area contributed by atoms with Crippen LogP contribution < -0.4 is 5.32 Å². The first-order valence-electron chi connectivity index (χ1n) is 7.74. The molecule has 1 atom stereocenters. The van der Waals surface area contributed by atoms with Crippen molar-refractivity contribution in [3.05, 3.63) is 35.6 Å². The van der Waals surface area contributed by atoms with E-state index >= 15 is 0 Å². The first-order chi connectivity index (χ1) is 9.63. The van der Waals surface area contributed by atoms with Crippen molar-refractivity contribution in [1.82, 2.24) is 5.32 Å². The van der Waals surface area contributed by atoms with E-state index in [1.54, 1.807) is 0 Å². The molecule has 114 valence electrons. The lowest BCUT2D eigenvalue weighted by Crippen LogP contribution is -2.23.